The lowest BCUT2D eigenvalue weighted by Gasteiger charge is -2.17. The molecule has 0 aliphatic carbocycles. The number of hydrogen-bond donors (Lipinski definition) is 5. The normalized spacial score (nSPS) is 27.9. The van der Waals surface area contributed by atoms with Gasteiger partial charge in [0.1, 0.15) is 40.5 Å². The minimum atomic E-state index is -4.65. The van der Waals surface area contributed by atoms with E-state index in [0.29, 0.717) is 0 Å². The van der Waals surface area contributed by atoms with E-state index < -0.39 is 46.2 Å². The van der Waals surface area contributed by atoms with E-state index in [1.165, 1.54) is 6.92 Å². The van der Waals surface area contributed by atoms with Crippen molar-refractivity contribution < 1.29 is 33.0 Å². The first-order valence-corrected chi connectivity index (χ1v) is 8.33. The molecule has 0 saturated carbocycles. The van der Waals surface area contributed by atoms with Crippen molar-refractivity contribution in [2.75, 3.05) is 12.3 Å². The van der Waals surface area contributed by atoms with Crippen molar-refractivity contribution in [2.45, 2.75) is 36.4 Å². The molecule has 0 radical (unpaired) electrons. The second-order valence-corrected chi connectivity index (χ2v) is 6.85. The molecule has 1 saturated heterocycles. The van der Waals surface area contributed by atoms with Gasteiger partial charge in [-0.15, -0.1) is 0 Å². The molecule has 1 aliphatic rings. The number of anilines is 1. The summed E-state index contributed by atoms with van der Waals surface area (Å²) in [4.78, 5) is 7.40. The lowest BCUT2D eigenvalue weighted by molar-refractivity contribution is -0.0510. The van der Waals surface area contributed by atoms with Crippen LogP contribution in [0.1, 0.15) is 12.1 Å². The maximum Gasteiger partial charge on any atom is 0.296 e. The second-order valence-electron chi connectivity index (χ2n) is 5.46. The number of hydrogen-bond acceptors (Lipinski definition) is 9. The Balaban J connectivity index is 2.26. The molecule has 0 bridgehead atoms. The van der Waals surface area contributed by atoms with Crippen LogP contribution in [0.25, 0.3) is 11.0 Å². The van der Waals surface area contributed by atoms with Gasteiger partial charge >= 0.3 is 0 Å². The second kappa shape index (κ2) is 5.61. The topological polar surface area (TPSA) is 181 Å². The fraction of sp³-hybridized carbons (Fsp3) is 0.500. The van der Waals surface area contributed by atoms with E-state index >= 15 is 0 Å². The Hall–Kier alpha value is -1.83. The first-order valence-electron chi connectivity index (χ1n) is 6.89. The number of aliphatic hydroxyl groups is 3. The van der Waals surface area contributed by atoms with E-state index in [0.717, 1.165) is 10.8 Å². The number of nitrogens with zero attached hydrogens (tertiary/aromatic N) is 3. The Labute approximate surface area is 136 Å². The van der Waals surface area contributed by atoms with Crippen molar-refractivity contribution in [2.24, 2.45) is 0 Å². The van der Waals surface area contributed by atoms with Crippen molar-refractivity contribution in [3.8, 4) is 0 Å². The van der Waals surface area contributed by atoms with Crippen molar-refractivity contribution in [3.63, 3.8) is 0 Å². The van der Waals surface area contributed by atoms with Gasteiger partial charge in [-0.3, -0.25) is 4.55 Å². The Morgan fingerprint density at radius 2 is 2.00 bits per heavy atom. The summed E-state index contributed by atoms with van der Waals surface area (Å²) in [6.45, 7) is 0.979. The molecule has 24 heavy (non-hydrogen) atoms. The Morgan fingerprint density at radius 3 is 2.54 bits per heavy atom. The highest BCUT2D eigenvalue weighted by Gasteiger charge is 2.44. The molecule has 132 valence electrons. The van der Waals surface area contributed by atoms with Crippen LogP contribution in [-0.2, 0) is 14.9 Å². The average Bonchev–Trinajstić information content (AvgIpc) is 2.98. The number of nitrogen functional groups attached to an aromatic ring is 1. The third kappa shape index (κ3) is 2.53. The minimum Gasteiger partial charge on any atom is -0.394 e. The zero-order valence-electron chi connectivity index (χ0n) is 12.4. The fourth-order valence-electron chi connectivity index (χ4n) is 2.75. The number of ether oxygens (including phenoxy) is 1. The van der Waals surface area contributed by atoms with Gasteiger partial charge in [-0.05, 0) is 6.92 Å². The van der Waals surface area contributed by atoms with E-state index in [1.54, 1.807) is 0 Å². The van der Waals surface area contributed by atoms with Crippen LogP contribution in [0, 0.1) is 6.92 Å². The molecule has 12 heteroatoms. The number of aliphatic hydroxyl groups excluding tert-OH is 3. The maximum absolute atomic E-state index is 11.6. The summed E-state index contributed by atoms with van der Waals surface area (Å²) in [7, 11) is -4.65. The Morgan fingerprint density at radius 1 is 1.33 bits per heavy atom. The summed E-state index contributed by atoms with van der Waals surface area (Å²) >= 11 is 0. The van der Waals surface area contributed by atoms with E-state index in [1.807, 2.05) is 0 Å². The van der Waals surface area contributed by atoms with Gasteiger partial charge in [0.15, 0.2) is 6.23 Å². The molecule has 1 unspecified atom stereocenters. The van der Waals surface area contributed by atoms with Gasteiger partial charge in [-0.2, -0.15) is 8.42 Å². The Kier molecular flexibility index (Phi) is 3.98. The van der Waals surface area contributed by atoms with Crippen LogP contribution in [0.15, 0.2) is 11.1 Å². The Bertz CT molecular complexity index is 896. The lowest BCUT2D eigenvalue weighted by Crippen LogP contribution is -2.33. The molecule has 0 amide bonds. The van der Waals surface area contributed by atoms with Gasteiger partial charge < -0.3 is 30.4 Å². The third-order valence-corrected chi connectivity index (χ3v) is 4.71. The van der Waals surface area contributed by atoms with Gasteiger partial charge in [0.25, 0.3) is 10.1 Å². The summed E-state index contributed by atoms with van der Waals surface area (Å²) in [5.41, 5.74) is 5.75. The van der Waals surface area contributed by atoms with Gasteiger partial charge in [-0.25, -0.2) is 9.97 Å². The zero-order valence-corrected chi connectivity index (χ0v) is 13.3. The largest absolute Gasteiger partial charge is 0.394 e. The fourth-order valence-corrected chi connectivity index (χ4v) is 3.45. The summed E-state index contributed by atoms with van der Waals surface area (Å²) < 4.78 is 39.1. The van der Waals surface area contributed by atoms with Crippen LogP contribution in [0.4, 0.5) is 5.82 Å². The van der Waals surface area contributed by atoms with Crippen LogP contribution in [0.2, 0.25) is 0 Å². The van der Waals surface area contributed by atoms with Crippen LogP contribution in [0.3, 0.4) is 0 Å². The minimum absolute atomic E-state index is 0.00228. The molecule has 2 aromatic heterocycles. The molecule has 0 spiro atoms. The van der Waals surface area contributed by atoms with Gasteiger partial charge in [0.05, 0.1) is 12.0 Å². The van der Waals surface area contributed by atoms with Crippen LogP contribution in [0.5, 0.6) is 0 Å². The molecule has 2 aromatic rings. The highest BCUT2D eigenvalue weighted by Crippen LogP contribution is 2.36. The zero-order chi connectivity index (χ0) is 17.8. The van der Waals surface area contributed by atoms with Crippen molar-refractivity contribution in [1.29, 1.82) is 0 Å². The molecule has 1 aliphatic heterocycles. The van der Waals surface area contributed by atoms with Crippen molar-refractivity contribution >= 4 is 27.0 Å². The van der Waals surface area contributed by atoms with Crippen LogP contribution >= 0.6 is 0 Å². The molecule has 11 nitrogen and oxygen atoms in total. The highest BCUT2D eigenvalue weighted by molar-refractivity contribution is 7.86. The molecule has 3 rings (SSSR count). The smallest absolute Gasteiger partial charge is 0.296 e. The molecule has 4 atom stereocenters. The molecular formula is C12H16N4O7S. The number of fused-ring (bicyclic) bond motifs is 1. The predicted molar refractivity (Wildman–Crippen MR) is 79.5 cm³/mol. The monoisotopic (exact) mass is 360 g/mol. The van der Waals surface area contributed by atoms with Crippen LogP contribution < -0.4 is 5.73 Å². The van der Waals surface area contributed by atoms with E-state index in [4.69, 9.17) is 15.6 Å². The number of rotatable bonds is 3. The van der Waals surface area contributed by atoms with E-state index in [2.05, 4.69) is 9.97 Å². The third-order valence-electron chi connectivity index (χ3n) is 3.85. The molecule has 0 aromatic carbocycles. The first-order chi connectivity index (χ1) is 11.1. The van der Waals surface area contributed by atoms with Crippen LogP contribution in [-0.4, -0.2) is 67.7 Å². The van der Waals surface area contributed by atoms with E-state index in [9.17, 15) is 23.2 Å². The number of nitrogens with two attached hydrogens (primary N) is 1. The van der Waals surface area contributed by atoms with Gasteiger partial charge in [-0.1, -0.05) is 0 Å². The van der Waals surface area contributed by atoms with Gasteiger partial charge in [0, 0.05) is 6.20 Å². The summed E-state index contributed by atoms with van der Waals surface area (Å²) in [6.07, 6.45) is -4.14. The molecule has 6 N–H and O–H groups in total. The molecule has 3 heterocycles. The summed E-state index contributed by atoms with van der Waals surface area (Å²) in [6, 6.07) is 0. The number of aryl methyl sites for hydroxylation is 1. The lowest BCUT2D eigenvalue weighted by atomic mass is 10.1. The SMILES string of the molecule is Cc1nc(N)c2c(S(=O)(=O)O)cn([C@@H]3OC(CO)[C@@H](O)[C@H]3O)c2n1. The van der Waals surface area contributed by atoms with E-state index in [-0.39, 0.29) is 22.7 Å². The van der Waals surface area contributed by atoms with Gasteiger partial charge in [0.2, 0.25) is 0 Å². The average molecular weight is 360 g/mol. The maximum atomic E-state index is 11.6. The molecular weight excluding hydrogens is 344 g/mol. The molecule has 1 fully saturated rings. The van der Waals surface area contributed by atoms with Crippen molar-refractivity contribution in [1.82, 2.24) is 14.5 Å². The standard InChI is InChI=1S/C12H16N4O7S/c1-4-14-10(13)7-6(24(20,21)22)2-16(11(7)15-4)12-9(19)8(18)5(3-17)23-12/h2,5,8-9,12,17-19H,3H2,1H3,(H2,13,14,15)(H,20,21,22)/t5?,8-,9-,12-/m1/s1. The quantitative estimate of drug-likeness (QED) is 0.391. The predicted octanol–water partition coefficient (Wildman–Crippen LogP) is -1.82. The first kappa shape index (κ1) is 17.0. The number of aromatic nitrogens is 3. The summed E-state index contributed by atoms with van der Waals surface area (Å²) in [5, 5.41) is 29.0. The summed E-state index contributed by atoms with van der Waals surface area (Å²) in [5.74, 6) is 0.0589. The highest BCUT2D eigenvalue weighted by atomic mass is 32.2. The van der Waals surface area contributed by atoms with Crippen molar-refractivity contribution in [3.05, 3.63) is 12.0 Å².